The molecular weight excluding hydrogens is 395 g/mol. The van der Waals surface area contributed by atoms with Crippen LogP contribution < -0.4 is 10.1 Å². The minimum atomic E-state index is -0.818. The van der Waals surface area contributed by atoms with Gasteiger partial charge in [-0.25, -0.2) is 4.39 Å². The fraction of sp³-hybridized carbons (Fsp3) is 0.200. The highest BCUT2D eigenvalue weighted by atomic mass is 19.1. The highest BCUT2D eigenvalue weighted by molar-refractivity contribution is 5.88. The summed E-state index contributed by atoms with van der Waals surface area (Å²) in [4.78, 5) is 27.3. The molecule has 2 amide bonds. The molecule has 160 valence electrons. The van der Waals surface area contributed by atoms with Crippen molar-refractivity contribution >= 4 is 11.8 Å². The van der Waals surface area contributed by atoms with Gasteiger partial charge in [-0.1, -0.05) is 54.6 Å². The van der Waals surface area contributed by atoms with Gasteiger partial charge in [-0.05, 0) is 41.0 Å². The number of carbonyl (C=O) groups excluding carboxylic acids is 2. The van der Waals surface area contributed by atoms with Crippen LogP contribution in [-0.2, 0) is 22.7 Å². The summed E-state index contributed by atoms with van der Waals surface area (Å²) < 4.78 is 18.4. The van der Waals surface area contributed by atoms with Crippen molar-refractivity contribution in [3.05, 3.63) is 101 Å². The maximum absolute atomic E-state index is 13.3. The van der Waals surface area contributed by atoms with E-state index in [0.717, 1.165) is 16.9 Å². The average Bonchev–Trinajstić information content (AvgIpc) is 2.79. The van der Waals surface area contributed by atoms with Crippen molar-refractivity contribution in [1.29, 1.82) is 0 Å². The first-order chi connectivity index (χ1) is 15.0. The maximum atomic E-state index is 13.3. The molecule has 1 unspecified atom stereocenters. The van der Waals surface area contributed by atoms with Gasteiger partial charge in [-0.3, -0.25) is 9.59 Å². The zero-order chi connectivity index (χ0) is 22.2. The Morgan fingerprint density at radius 1 is 0.935 bits per heavy atom. The van der Waals surface area contributed by atoms with E-state index < -0.39 is 6.04 Å². The van der Waals surface area contributed by atoms with Gasteiger partial charge in [-0.2, -0.15) is 0 Å². The normalized spacial score (nSPS) is 11.5. The summed E-state index contributed by atoms with van der Waals surface area (Å²) >= 11 is 0. The van der Waals surface area contributed by atoms with Gasteiger partial charge in [0.15, 0.2) is 0 Å². The van der Waals surface area contributed by atoms with Crippen LogP contribution in [0.25, 0.3) is 0 Å². The standard InChI is InChI=1S/C25H25FN2O3/c1-18(29)28(17-20-8-12-22(26)13-9-20)24(21-6-4-3-5-7-21)25(30)27-16-19-10-14-23(31-2)15-11-19/h3-15,24H,16-17H2,1-2H3,(H,27,30). The number of benzene rings is 3. The Bertz CT molecular complexity index is 1010. The lowest BCUT2D eigenvalue weighted by Gasteiger charge is -2.30. The Hall–Kier alpha value is -3.67. The first-order valence-electron chi connectivity index (χ1n) is 9.95. The van der Waals surface area contributed by atoms with E-state index in [1.165, 1.54) is 24.0 Å². The predicted octanol–water partition coefficient (Wildman–Crippen LogP) is 4.24. The monoisotopic (exact) mass is 420 g/mol. The van der Waals surface area contributed by atoms with Crippen LogP contribution in [0.1, 0.15) is 29.7 Å². The average molecular weight is 420 g/mol. The lowest BCUT2D eigenvalue weighted by molar-refractivity contribution is -0.140. The van der Waals surface area contributed by atoms with Crippen LogP contribution in [-0.4, -0.2) is 23.8 Å². The summed E-state index contributed by atoms with van der Waals surface area (Å²) in [6, 6.07) is 21.6. The molecule has 6 heteroatoms. The highest BCUT2D eigenvalue weighted by Crippen LogP contribution is 2.24. The lowest BCUT2D eigenvalue weighted by Crippen LogP contribution is -2.42. The number of halogens is 1. The van der Waals surface area contributed by atoms with Crippen LogP contribution >= 0.6 is 0 Å². The second-order valence-corrected chi connectivity index (χ2v) is 7.15. The first-order valence-corrected chi connectivity index (χ1v) is 9.95. The molecule has 0 aliphatic carbocycles. The number of hydrogen-bond acceptors (Lipinski definition) is 3. The fourth-order valence-corrected chi connectivity index (χ4v) is 3.31. The van der Waals surface area contributed by atoms with Crippen LogP contribution in [0.4, 0.5) is 4.39 Å². The SMILES string of the molecule is COc1ccc(CNC(=O)C(c2ccccc2)N(Cc2ccc(F)cc2)C(C)=O)cc1. The molecule has 0 aromatic heterocycles. The van der Waals surface area contributed by atoms with Crippen LogP contribution in [0, 0.1) is 5.82 Å². The van der Waals surface area contributed by atoms with Gasteiger partial charge >= 0.3 is 0 Å². The largest absolute Gasteiger partial charge is 0.497 e. The topological polar surface area (TPSA) is 58.6 Å². The number of methoxy groups -OCH3 is 1. The van der Waals surface area contributed by atoms with Gasteiger partial charge in [-0.15, -0.1) is 0 Å². The predicted molar refractivity (Wildman–Crippen MR) is 117 cm³/mol. The van der Waals surface area contributed by atoms with Gasteiger partial charge in [0, 0.05) is 20.0 Å². The zero-order valence-electron chi connectivity index (χ0n) is 17.5. The Balaban J connectivity index is 1.83. The molecule has 0 spiro atoms. The van der Waals surface area contributed by atoms with Crippen molar-refractivity contribution in [2.24, 2.45) is 0 Å². The number of nitrogens with zero attached hydrogens (tertiary/aromatic N) is 1. The molecule has 0 bridgehead atoms. The van der Waals surface area contributed by atoms with Crippen LogP contribution in [0.5, 0.6) is 5.75 Å². The molecule has 0 saturated carbocycles. The third kappa shape index (κ3) is 5.92. The summed E-state index contributed by atoms with van der Waals surface area (Å²) in [5.41, 5.74) is 2.35. The molecule has 5 nitrogen and oxygen atoms in total. The number of rotatable bonds is 8. The van der Waals surface area contributed by atoms with Crippen molar-refractivity contribution in [1.82, 2.24) is 10.2 Å². The van der Waals surface area contributed by atoms with Gasteiger partial charge in [0.25, 0.3) is 0 Å². The Labute approximate surface area is 181 Å². The highest BCUT2D eigenvalue weighted by Gasteiger charge is 2.29. The lowest BCUT2D eigenvalue weighted by atomic mass is 10.0. The maximum Gasteiger partial charge on any atom is 0.247 e. The van der Waals surface area contributed by atoms with Crippen molar-refractivity contribution in [3.63, 3.8) is 0 Å². The van der Waals surface area contributed by atoms with Crippen LogP contribution in [0.3, 0.4) is 0 Å². The summed E-state index contributed by atoms with van der Waals surface area (Å²) in [6.45, 7) is 1.93. The third-order valence-corrected chi connectivity index (χ3v) is 4.97. The van der Waals surface area contributed by atoms with E-state index in [2.05, 4.69) is 5.32 Å². The van der Waals surface area contributed by atoms with E-state index in [0.29, 0.717) is 12.1 Å². The Morgan fingerprint density at radius 2 is 1.55 bits per heavy atom. The molecule has 0 radical (unpaired) electrons. The minimum absolute atomic E-state index is 0.186. The van der Waals surface area contributed by atoms with E-state index in [1.807, 2.05) is 54.6 Å². The molecule has 1 N–H and O–H groups in total. The van der Waals surface area contributed by atoms with Crippen molar-refractivity contribution in [2.45, 2.75) is 26.1 Å². The van der Waals surface area contributed by atoms with Gasteiger partial charge in [0.1, 0.15) is 17.6 Å². The number of hydrogen-bond donors (Lipinski definition) is 1. The smallest absolute Gasteiger partial charge is 0.247 e. The van der Waals surface area contributed by atoms with Gasteiger partial charge < -0.3 is 15.0 Å². The molecule has 1 atom stereocenters. The van der Waals surface area contributed by atoms with Crippen molar-refractivity contribution in [3.8, 4) is 5.75 Å². The van der Waals surface area contributed by atoms with Crippen LogP contribution in [0.2, 0.25) is 0 Å². The summed E-state index contributed by atoms with van der Waals surface area (Å²) in [5, 5.41) is 2.93. The molecule has 31 heavy (non-hydrogen) atoms. The van der Waals surface area contributed by atoms with Crippen molar-refractivity contribution in [2.75, 3.05) is 7.11 Å². The molecule has 3 rings (SSSR count). The number of amides is 2. The van der Waals surface area contributed by atoms with Crippen molar-refractivity contribution < 1.29 is 18.7 Å². The molecule has 0 aliphatic heterocycles. The second kappa shape index (κ2) is 10.4. The molecule has 0 aliphatic rings. The van der Waals surface area contributed by atoms with E-state index in [1.54, 1.807) is 19.2 Å². The Kier molecular flexibility index (Phi) is 7.38. The molecule has 3 aromatic rings. The molecule has 0 fully saturated rings. The molecule has 3 aromatic carbocycles. The molecule has 0 heterocycles. The number of carbonyl (C=O) groups is 2. The van der Waals surface area contributed by atoms with Gasteiger partial charge in [0.2, 0.25) is 11.8 Å². The number of nitrogens with one attached hydrogen (secondary N) is 1. The summed E-state index contributed by atoms with van der Waals surface area (Å²) in [5.74, 6) is -0.161. The minimum Gasteiger partial charge on any atom is -0.497 e. The molecular formula is C25H25FN2O3. The Morgan fingerprint density at radius 3 is 2.13 bits per heavy atom. The first kappa shape index (κ1) is 22.0. The fourth-order valence-electron chi connectivity index (χ4n) is 3.31. The molecule has 0 saturated heterocycles. The van der Waals surface area contributed by atoms with E-state index in [4.69, 9.17) is 4.74 Å². The number of ether oxygens (including phenoxy) is 1. The second-order valence-electron chi connectivity index (χ2n) is 7.15. The van der Waals surface area contributed by atoms with E-state index in [-0.39, 0.29) is 24.2 Å². The van der Waals surface area contributed by atoms with Crippen LogP contribution in [0.15, 0.2) is 78.9 Å². The van der Waals surface area contributed by atoms with E-state index >= 15 is 0 Å². The van der Waals surface area contributed by atoms with E-state index in [9.17, 15) is 14.0 Å². The summed E-state index contributed by atoms with van der Waals surface area (Å²) in [6.07, 6.45) is 0. The quantitative estimate of drug-likeness (QED) is 0.593. The third-order valence-electron chi connectivity index (χ3n) is 4.97. The zero-order valence-corrected chi connectivity index (χ0v) is 17.5. The summed E-state index contributed by atoms with van der Waals surface area (Å²) in [7, 11) is 1.60. The van der Waals surface area contributed by atoms with Gasteiger partial charge in [0.05, 0.1) is 7.11 Å².